The molecule has 0 atom stereocenters. The number of rotatable bonds is 38. The molecule has 0 N–H and O–H groups in total. The van der Waals surface area contributed by atoms with Crippen LogP contribution in [-0.2, 0) is 61.6 Å². The molecule has 0 aromatic carbocycles. The highest BCUT2D eigenvalue weighted by atomic mass is 16.6. The Morgan fingerprint density at radius 3 is 0.750 bits per heavy atom. The smallest absolute Gasteiger partial charge is 0.137 e. The Kier molecular flexibility index (Phi) is 36.0. The molecule has 0 bridgehead atoms. The van der Waals surface area contributed by atoms with Crippen LogP contribution in [0.1, 0.15) is 34.1 Å². The minimum Gasteiger partial charge on any atom is -0.379 e. The van der Waals surface area contributed by atoms with E-state index in [1.54, 1.807) is 0 Å². The van der Waals surface area contributed by atoms with Crippen molar-refractivity contribution in [1.29, 1.82) is 0 Å². The van der Waals surface area contributed by atoms with E-state index in [9.17, 15) is 4.79 Å². The lowest BCUT2D eigenvalue weighted by molar-refractivity contribution is -0.123. The molecule has 0 saturated heterocycles. The van der Waals surface area contributed by atoms with Crippen LogP contribution in [0.5, 0.6) is 0 Å². The van der Waals surface area contributed by atoms with Crippen molar-refractivity contribution in [2.24, 2.45) is 5.92 Å². The van der Waals surface area contributed by atoms with E-state index in [1.807, 2.05) is 27.7 Å². The van der Waals surface area contributed by atoms with Gasteiger partial charge in [-0.05, 0) is 13.8 Å². The molecule has 0 spiro atoms. The summed E-state index contributed by atoms with van der Waals surface area (Å²) in [5.41, 5.74) is 0. The van der Waals surface area contributed by atoms with Crippen molar-refractivity contribution in [2.45, 2.75) is 40.2 Å². The number of ketones is 1. The van der Waals surface area contributed by atoms with E-state index in [0.717, 1.165) is 0 Å². The minimum absolute atomic E-state index is 0.0607. The highest BCUT2D eigenvalue weighted by Crippen LogP contribution is 1.98. The van der Waals surface area contributed by atoms with Crippen LogP contribution in [0.25, 0.3) is 0 Å². The van der Waals surface area contributed by atoms with E-state index in [2.05, 4.69) is 0 Å². The number of Topliss-reactive ketones (excluding diaryl/α,β-unsaturated/α-hetero) is 1. The predicted octanol–water partition coefficient (Wildman–Crippen LogP) is 2.21. The standard InChI is InChI=1S/C31H62O13/c1-29(2)31(32)5-6-33-7-8-34-9-10-35-11-12-36-13-14-37-15-16-38-17-18-39-19-20-40-21-22-41-23-24-42-25-26-43-27-28-44-30(3)4/h29-30H,5-28H2,1-4H3. The average Bonchev–Trinajstić information content (AvgIpc) is 3.00. The van der Waals surface area contributed by atoms with Crippen molar-refractivity contribution in [1.82, 2.24) is 0 Å². The lowest BCUT2D eigenvalue weighted by Gasteiger charge is -2.09. The number of ether oxygens (including phenoxy) is 12. The number of carbonyl (C=O) groups is 1. The van der Waals surface area contributed by atoms with Gasteiger partial charge in [0.05, 0.1) is 158 Å². The Morgan fingerprint density at radius 2 is 0.545 bits per heavy atom. The first-order valence-electron chi connectivity index (χ1n) is 16.0. The van der Waals surface area contributed by atoms with Gasteiger partial charge in [-0.2, -0.15) is 0 Å². The van der Waals surface area contributed by atoms with Crippen molar-refractivity contribution < 1.29 is 61.6 Å². The third kappa shape index (κ3) is 37.4. The maximum absolute atomic E-state index is 11.5. The normalized spacial score (nSPS) is 11.8. The zero-order valence-corrected chi connectivity index (χ0v) is 27.9. The van der Waals surface area contributed by atoms with E-state index in [1.165, 1.54) is 0 Å². The van der Waals surface area contributed by atoms with E-state index in [0.29, 0.717) is 158 Å². The van der Waals surface area contributed by atoms with Gasteiger partial charge in [0.25, 0.3) is 0 Å². The van der Waals surface area contributed by atoms with Crippen LogP contribution in [-0.4, -0.2) is 164 Å². The summed E-state index contributed by atoms with van der Waals surface area (Å²) in [7, 11) is 0. The largest absolute Gasteiger partial charge is 0.379 e. The van der Waals surface area contributed by atoms with Gasteiger partial charge in [-0.3, -0.25) is 4.79 Å². The second-order valence-electron chi connectivity index (χ2n) is 10.0. The van der Waals surface area contributed by atoms with Crippen LogP contribution in [0.3, 0.4) is 0 Å². The summed E-state index contributed by atoms with van der Waals surface area (Å²) in [5, 5.41) is 0. The van der Waals surface area contributed by atoms with Gasteiger partial charge in [0.15, 0.2) is 0 Å². The molecule has 44 heavy (non-hydrogen) atoms. The Balaban J connectivity index is 3.07. The molecule has 0 amide bonds. The molecule has 0 aliphatic rings. The second kappa shape index (κ2) is 36.7. The fourth-order valence-electron chi connectivity index (χ4n) is 3.11. The van der Waals surface area contributed by atoms with E-state index >= 15 is 0 Å². The first-order valence-corrected chi connectivity index (χ1v) is 16.0. The van der Waals surface area contributed by atoms with Crippen LogP contribution < -0.4 is 0 Å². The average molecular weight is 643 g/mol. The Labute approximate surface area is 265 Å². The third-order valence-corrected chi connectivity index (χ3v) is 5.54. The van der Waals surface area contributed by atoms with Gasteiger partial charge < -0.3 is 56.8 Å². The Bertz CT molecular complexity index is 567. The van der Waals surface area contributed by atoms with Crippen LogP contribution in [0, 0.1) is 5.92 Å². The summed E-state index contributed by atoms with van der Waals surface area (Å²) in [5.74, 6) is 0.280. The van der Waals surface area contributed by atoms with Gasteiger partial charge in [0.1, 0.15) is 5.78 Å². The van der Waals surface area contributed by atoms with Crippen molar-refractivity contribution in [3.05, 3.63) is 0 Å². The van der Waals surface area contributed by atoms with Crippen LogP contribution >= 0.6 is 0 Å². The first kappa shape index (κ1) is 43.2. The van der Waals surface area contributed by atoms with Gasteiger partial charge >= 0.3 is 0 Å². The number of hydrogen-bond donors (Lipinski definition) is 0. The summed E-state index contributed by atoms with van der Waals surface area (Å²) < 4.78 is 65.3. The summed E-state index contributed by atoms with van der Waals surface area (Å²) in [6.45, 7) is 19.6. The molecule has 0 aromatic heterocycles. The molecular weight excluding hydrogens is 580 g/mol. The van der Waals surface area contributed by atoms with E-state index in [-0.39, 0.29) is 17.8 Å². The molecule has 0 aliphatic carbocycles. The van der Waals surface area contributed by atoms with Crippen LogP contribution in [0.4, 0.5) is 0 Å². The maximum Gasteiger partial charge on any atom is 0.137 e. The van der Waals surface area contributed by atoms with Crippen molar-refractivity contribution in [3.63, 3.8) is 0 Å². The topological polar surface area (TPSA) is 128 Å². The maximum atomic E-state index is 11.5. The molecule has 0 aromatic rings. The molecule has 0 radical (unpaired) electrons. The Hall–Kier alpha value is -0.810. The molecule has 0 heterocycles. The molecule has 0 unspecified atom stereocenters. The third-order valence-electron chi connectivity index (χ3n) is 5.54. The second-order valence-corrected chi connectivity index (χ2v) is 10.0. The van der Waals surface area contributed by atoms with Crippen LogP contribution in [0.2, 0.25) is 0 Å². The van der Waals surface area contributed by atoms with Crippen molar-refractivity contribution >= 4 is 5.78 Å². The summed E-state index contributed by atoms with van der Waals surface area (Å²) in [6, 6.07) is 0. The predicted molar refractivity (Wildman–Crippen MR) is 165 cm³/mol. The number of carbonyl (C=O) groups excluding carboxylic acids is 1. The van der Waals surface area contributed by atoms with Crippen molar-refractivity contribution in [3.8, 4) is 0 Å². The molecule has 13 heteroatoms. The van der Waals surface area contributed by atoms with E-state index < -0.39 is 0 Å². The fourth-order valence-corrected chi connectivity index (χ4v) is 3.11. The fraction of sp³-hybridized carbons (Fsp3) is 0.968. The molecule has 0 aliphatic heterocycles. The number of hydrogen-bond acceptors (Lipinski definition) is 13. The lowest BCUT2D eigenvalue weighted by atomic mass is 10.1. The van der Waals surface area contributed by atoms with E-state index in [4.69, 9.17) is 56.8 Å². The highest BCUT2D eigenvalue weighted by molar-refractivity contribution is 5.80. The van der Waals surface area contributed by atoms with Gasteiger partial charge in [0.2, 0.25) is 0 Å². The molecular formula is C31H62O13. The van der Waals surface area contributed by atoms with Crippen molar-refractivity contribution in [2.75, 3.05) is 152 Å². The first-order chi connectivity index (χ1) is 21.5. The van der Waals surface area contributed by atoms with Gasteiger partial charge in [-0.1, -0.05) is 13.8 Å². The Morgan fingerprint density at radius 1 is 0.341 bits per heavy atom. The summed E-state index contributed by atoms with van der Waals surface area (Å²) in [4.78, 5) is 11.5. The van der Waals surface area contributed by atoms with Gasteiger partial charge in [-0.15, -0.1) is 0 Å². The minimum atomic E-state index is 0.0607. The zero-order valence-electron chi connectivity index (χ0n) is 27.9. The SMILES string of the molecule is CC(C)OCCOCCOCCOCCOCCOCCOCCOCCOCCOCCOCCOCCC(=O)C(C)C. The van der Waals surface area contributed by atoms with Gasteiger partial charge in [-0.25, -0.2) is 0 Å². The molecule has 13 nitrogen and oxygen atoms in total. The summed E-state index contributed by atoms with van der Waals surface area (Å²) >= 11 is 0. The monoisotopic (exact) mass is 642 g/mol. The molecule has 0 fully saturated rings. The molecule has 0 saturated carbocycles. The zero-order chi connectivity index (χ0) is 32.2. The summed E-state index contributed by atoms with van der Waals surface area (Å²) in [6.07, 6.45) is 0.684. The molecule has 264 valence electrons. The quantitative estimate of drug-likeness (QED) is 0.0914. The highest BCUT2D eigenvalue weighted by Gasteiger charge is 2.06. The molecule has 0 rings (SSSR count). The van der Waals surface area contributed by atoms with Crippen LogP contribution in [0.15, 0.2) is 0 Å². The lowest BCUT2D eigenvalue weighted by Crippen LogP contribution is -2.15. The van der Waals surface area contributed by atoms with Gasteiger partial charge in [0, 0.05) is 12.3 Å².